The predicted molar refractivity (Wildman–Crippen MR) is 75.8 cm³/mol. The summed E-state index contributed by atoms with van der Waals surface area (Å²) in [7, 11) is -0.740. The van der Waals surface area contributed by atoms with Crippen LogP contribution in [0.3, 0.4) is 0 Å². The van der Waals surface area contributed by atoms with E-state index >= 15 is 0 Å². The molecule has 0 amide bonds. The lowest BCUT2D eigenvalue weighted by molar-refractivity contribution is 0.103. The fourth-order valence-electron chi connectivity index (χ4n) is 2.15. The van der Waals surface area contributed by atoms with E-state index in [1.807, 2.05) is 0 Å². The minimum absolute atomic E-state index is 0.0613. The van der Waals surface area contributed by atoms with Gasteiger partial charge in [-0.15, -0.1) is 0 Å². The standard InChI is InChI=1S/C12H17ClN2O4S/c1-18-10-5-8(13)3-4-12(10)20(16,17)15-9-6-14-7-11(9)19-2/h3-5,9,11,14-15H,6-7H2,1-2H3/t9?,11-/m0/s1. The van der Waals surface area contributed by atoms with Crippen LogP contribution in [-0.2, 0) is 14.8 Å². The molecule has 2 rings (SSSR count). The second-order valence-electron chi connectivity index (χ2n) is 4.46. The maximum absolute atomic E-state index is 12.4. The molecule has 2 N–H and O–H groups in total. The van der Waals surface area contributed by atoms with Crippen LogP contribution in [0.2, 0.25) is 5.02 Å². The fraction of sp³-hybridized carbons (Fsp3) is 0.500. The summed E-state index contributed by atoms with van der Waals surface area (Å²) in [6.45, 7) is 1.13. The molecule has 2 atom stereocenters. The number of sulfonamides is 1. The molecular formula is C12H17ClN2O4S. The second kappa shape index (κ2) is 6.28. The van der Waals surface area contributed by atoms with Crippen LogP contribution >= 0.6 is 11.6 Å². The van der Waals surface area contributed by atoms with Crippen LogP contribution in [0.1, 0.15) is 0 Å². The van der Waals surface area contributed by atoms with Crippen molar-refractivity contribution in [1.29, 1.82) is 0 Å². The number of benzene rings is 1. The fourth-order valence-corrected chi connectivity index (χ4v) is 3.72. The van der Waals surface area contributed by atoms with E-state index in [1.165, 1.54) is 25.3 Å². The van der Waals surface area contributed by atoms with Gasteiger partial charge in [-0.1, -0.05) is 11.6 Å². The first kappa shape index (κ1) is 15.5. The Morgan fingerprint density at radius 2 is 2.10 bits per heavy atom. The Morgan fingerprint density at radius 1 is 1.35 bits per heavy atom. The highest BCUT2D eigenvalue weighted by atomic mass is 35.5. The Balaban J connectivity index is 2.26. The van der Waals surface area contributed by atoms with Crippen LogP contribution in [-0.4, -0.2) is 47.9 Å². The molecule has 1 aromatic carbocycles. The summed E-state index contributed by atoms with van der Waals surface area (Å²) in [5.41, 5.74) is 0. The van der Waals surface area contributed by atoms with Crippen LogP contribution in [0.25, 0.3) is 0 Å². The van der Waals surface area contributed by atoms with Crippen LogP contribution < -0.4 is 14.8 Å². The average molecular weight is 321 g/mol. The molecule has 1 aromatic rings. The molecule has 0 aliphatic carbocycles. The van der Waals surface area contributed by atoms with Gasteiger partial charge in [-0.2, -0.15) is 0 Å². The van der Waals surface area contributed by atoms with Crippen LogP contribution in [0.4, 0.5) is 0 Å². The number of rotatable bonds is 5. The number of nitrogens with one attached hydrogen (secondary N) is 2. The van der Waals surface area contributed by atoms with Gasteiger partial charge in [0.15, 0.2) is 0 Å². The first-order valence-corrected chi connectivity index (χ1v) is 7.93. The van der Waals surface area contributed by atoms with Gasteiger partial charge in [0.25, 0.3) is 0 Å². The minimum atomic E-state index is -3.70. The lowest BCUT2D eigenvalue weighted by Crippen LogP contribution is -2.43. The highest BCUT2D eigenvalue weighted by Crippen LogP contribution is 2.27. The van der Waals surface area contributed by atoms with Crippen LogP contribution in [0.5, 0.6) is 5.75 Å². The Hall–Kier alpha value is -0.860. The molecule has 0 saturated carbocycles. The number of methoxy groups -OCH3 is 2. The molecular weight excluding hydrogens is 304 g/mol. The molecule has 20 heavy (non-hydrogen) atoms. The first-order chi connectivity index (χ1) is 9.47. The van der Waals surface area contributed by atoms with Gasteiger partial charge in [0.05, 0.1) is 19.3 Å². The van der Waals surface area contributed by atoms with Crippen LogP contribution in [0.15, 0.2) is 23.1 Å². The largest absolute Gasteiger partial charge is 0.495 e. The molecule has 0 spiro atoms. The van der Waals surface area contributed by atoms with Crippen molar-refractivity contribution in [1.82, 2.24) is 10.0 Å². The molecule has 0 bridgehead atoms. The number of ether oxygens (including phenoxy) is 2. The maximum Gasteiger partial charge on any atom is 0.244 e. The third-order valence-corrected chi connectivity index (χ3v) is 4.95. The van der Waals surface area contributed by atoms with Gasteiger partial charge in [0.2, 0.25) is 10.0 Å². The first-order valence-electron chi connectivity index (χ1n) is 6.07. The van der Waals surface area contributed by atoms with Crippen molar-refractivity contribution in [2.75, 3.05) is 27.3 Å². The van der Waals surface area contributed by atoms with Crippen molar-refractivity contribution in [3.05, 3.63) is 23.2 Å². The quantitative estimate of drug-likeness (QED) is 0.831. The van der Waals surface area contributed by atoms with Gasteiger partial charge >= 0.3 is 0 Å². The van der Waals surface area contributed by atoms with Crippen molar-refractivity contribution in [3.63, 3.8) is 0 Å². The highest BCUT2D eigenvalue weighted by Gasteiger charge is 2.32. The van der Waals surface area contributed by atoms with Gasteiger partial charge in [-0.05, 0) is 12.1 Å². The Morgan fingerprint density at radius 3 is 2.75 bits per heavy atom. The topological polar surface area (TPSA) is 76.7 Å². The lowest BCUT2D eigenvalue weighted by atomic mass is 10.2. The number of hydrogen-bond acceptors (Lipinski definition) is 5. The van der Waals surface area contributed by atoms with E-state index in [9.17, 15) is 8.42 Å². The van der Waals surface area contributed by atoms with E-state index in [0.717, 1.165) is 0 Å². The summed E-state index contributed by atoms with van der Waals surface area (Å²) >= 11 is 5.84. The summed E-state index contributed by atoms with van der Waals surface area (Å²) in [6, 6.07) is 4.09. The van der Waals surface area contributed by atoms with Gasteiger partial charge in [-0.3, -0.25) is 0 Å². The smallest absolute Gasteiger partial charge is 0.244 e. The molecule has 1 fully saturated rings. The number of hydrogen-bond donors (Lipinski definition) is 2. The van der Waals surface area contributed by atoms with Crippen LogP contribution in [0, 0.1) is 0 Å². The van der Waals surface area contributed by atoms with Gasteiger partial charge in [0.1, 0.15) is 10.6 Å². The molecule has 8 heteroatoms. The van der Waals surface area contributed by atoms with E-state index in [1.54, 1.807) is 7.11 Å². The molecule has 1 aliphatic heterocycles. The summed E-state index contributed by atoms with van der Waals surface area (Å²) < 4.78 is 37.8. The van der Waals surface area contributed by atoms with Crippen molar-refractivity contribution in [2.45, 2.75) is 17.0 Å². The number of halogens is 1. The zero-order valence-electron chi connectivity index (χ0n) is 11.2. The summed E-state index contributed by atoms with van der Waals surface area (Å²) in [4.78, 5) is 0.0613. The predicted octanol–water partition coefficient (Wildman–Crippen LogP) is 0.614. The molecule has 6 nitrogen and oxygen atoms in total. The van der Waals surface area contributed by atoms with E-state index in [2.05, 4.69) is 10.0 Å². The monoisotopic (exact) mass is 320 g/mol. The van der Waals surface area contributed by atoms with Gasteiger partial charge in [0, 0.05) is 31.3 Å². The van der Waals surface area contributed by atoms with Gasteiger partial charge < -0.3 is 14.8 Å². The minimum Gasteiger partial charge on any atom is -0.495 e. The third kappa shape index (κ3) is 3.24. The van der Waals surface area contributed by atoms with Crippen molar-refractivity contribution >= 4 is 21.6 Å². The highest BCUT2D eigenvalue weighted by molar-refractivity contribution is 7.89. The molecule has 1 heterocycles. The summed E-state index contributed by atoms with van der Waals surface area (Å²) in [6.07, 6.45) is -0.192. The van der Waals surface area contributed by atoms with Gasteiger partial charge in [-0.25, -0.2) is 13.1 Å². The maximum atomic E-state index is 12.4. The molecule has 0 aromatic heterocycles. The SMILES string of the molecule is COc1cc(Cl)ccc1S(=O)(=O)NC1CNC[C@@H]1OC. The Labute approximate surface area is 123 Å². The van der Waals surface area contributed by atoms with Crippen molar-refractivity contribution in [3.8, 4) is 5.75 Å². The van der Waals surface area contributed by atoms with Crippen molar-refractivity contribution < 1.29 is 17.9 Å². The average Bonchev–Trinajstić information content (AvgIpc) is 2.84. The lowest BCUT2D eigenvalue weighted by Gasteiger charge is -2.19. The normalized spacial score (nSPS) is 22.9. The second-order valence-corrected chi connectivity index (χ2v) is 6.57. The van der Waals surface area contributed by atoms with E-state index in [4.69, 9.17) is 21.1 Å². The zero-order valence-corrected chi connectivity index (χ0v) is 12.8. The zero-order chi connectivity index (χ0) is 14.8. The molecule has 112 valence electrons. The summed E-state index contributed by atoms with van der Waals surface area (Å²) in [5, 5.41) is 3.50. The Bertz CT molecular complexity index is 579. The molecule has 1 unspecified atom stereocenters. The third-order valence-electron chi connectivity index (χ3n) is 3.18. The van der Waals surface area contributed by atoms with E-state index in [-0.39, 0.29) is 22.8 Å². The Kier molecular flexibility index (Phi) is 4.87. The van der Waals surface area contributed by atoms with E-state index in [0.29, 0.717) is 18.1 Å². The summed E-state index contributed by atoms with van der Waals surface area (Å²) in [5.74, 6) is 0.213. The molecule has 1 aliphatic rings. The molecule has 1 saturated heterocycles. The van der Waals surface area contributed by atoms with Crippen molar-refractivity contribution in [2.24, 2.45) is 0 Å². The van der Waals surface area contributed by atoms with E-state index < -0.39 is 10.0 Å². The molecule has 0 radical (unpaired) electrons.